The molecule has 1 aliphatic heterocycles. The number of carbonyl (C=O) groups excluding carboxylic acids is 1. The maximum absolute atomic E-state index is 13.5. The highest BCUT2D eigenvalue weighted by atomic mass is 19.1. The van der Waals surface area contributed by atoms with E-state index in [1.54, 1.807) is 20.8 Å². The van der Waals surface area contributed by atoms with Gasteiger partial charge in [0.2, 0.25) is 17.5 Å². The summed E-state index contributed by atoms with van der Waals surface area (Å²) in [5, 5.41) is 23.8. The zero-order valence-electron chi connectivity index (χ0n) is 17.9. The van der Waals surface area contributed by atoms with E-state index in [-0.39, 0.29) is 11.7 Å². The predicted octanol–water partition coefficient (Wildman–Crippen LogP) is 4.64. The fourth-order valence-electron chi connectivity index (χ4n) is 2.75. The Morgan fingerprint density at radius 2 is 1.42 bits per heavy atom. The molecule has 1 aliphatic rings. The molecule has 10 nitrogen and oxygen atoms in total. The molecule has 1 amide bonds. The molecule has 1 N–H and O–H groups in total. The van der Waals surface area contributed by atoms with Crippen LogP contribution in [-0.4, -0.2) is 45.6 Å². The highest BCUT2D eigenvalue weighted by molar-refractivity contribution is 5.70. The van der Waals surface area contributed by atoms with Crippen molar-refractivity contribution in [2.75, 3.05) is 18.4 Å². The van der Waals surface area contributed by atoms with Gasteiger partial charge in [0, 0.05) is 13.1 Å². The van der Waals surface area contributed by atoms with Crippen LogP contribution < -0.4 is 5.32 Å². The van der Waals surface area contributed by atoms with Crippen molar-refractivity contribution < 1.29 is 32.5 Å². The van der Waals surface area contributed by atoms with Crippen molar-refractivity contribution in [2.45, 2.75) is 32.4 Å². The first-order valence-corrected chi connectivity index (χ1v) is 9.56. The molecule has 13 heteroatoms. The summed E-state index contributed by atoms with van der Waals surface area (Å²) in [7, 11) is 0. The number of anilines is 1. The van der Waals surface area contributed by atoms with Gasteiger partial charge in [0.1, 0.15) is 11.3 Å². The molecule has 0 spiro atoms. The second-order valence-corrected chi connectivity index (χ2v) is 7.95. The van der Waals surface area contributed by atoms with Crippen LogP contribution in [0.25, 0.3) is 0 Å². The normalized spacial score (nSPS) is 13.3. The minimum absolute atomic E-state index is 0.110. The summed E-state index contributed by atoms with van der Waals surface area (Å²) in [4.78, 5) is 32.3. The number of carbonyl (C=O) groups is 1. The molecule has 0 bridgehead atoms. The van der Waals surface area contributed by atoms with Crippen molar-refractivity contribution >= 4 is 23.2 Å². The van der Waals surface area contributed by atoms with Crippen molar-refractivity contribution in [3.05, 3.63) is 74.1 Å². The third-order valence-electron chi connectivity index (χ3n) is 4.18. The van der Waals surface area contributed by atoms with Gasteiger partial charge in [-0.2, -0.15) is 13.2 Å². The molecule has 0 unspecified atom stereocenters. The topological polar surface area (TPSA) is 128 Å². The summed E-state index contributed by atoms with van der Waals surface area (Å²) < 4.78 is 43.5. The van der Waals surface area contributed by atoms with Crippen LogP contribution in [0.4, 0.5) is 35.0 Å². The quantitative estimate of drug-likeness (QED) is 0.509. The molecular formula is C20H21F3N4O6. The fourth-order valence-corrected chi connectivity index (χ4v) is 2.75. The fraction of sp³-hybridized carbons (Fsp3) is 0.350. The Labute approximate surface area is 186 Å². The highest BCUT2D eigenvalue weighted by Gasteiger charge is 2.35. The number of amides is 1. The highest BCUT2D eigenvalue weighted by Crippen LogP contribution is 2.29. The third-order valence-corrected chi connectivity index (χ3v) is 4.18. The molecule has 0 atom stereocenters. The van der Waals surface area contributed by atoms with Crippen LogP contribution in [-0.2, 0) is 4.74 Å². The molecule has 1 saturated heterocycles. The Balaban J connectivity index is 0.000000294. The Kier molecular flexibility index (Phi) is 7.80. The zero-order chi connectivity index (χ0) is 24.9. The Morgan fingerprint density at radius 1 is 0.970 bits per heavy atom. The van der Waals surface area contributed by atoms with Gasteiger partial charge >= 0.3 is 17.5 Å². The molecule has 33 heavy (non-hydrogen) atoms. The van der Waals surface area contributed by atoms with Gasteiger partial charge < -0.3 is 15.0 Å². The summed E-state index contributed by atoms with van der Waals surface area (Å²) in [6, 6.07) is 6.44. The van der Waals surface area contributed by atoms with Gasteiger partial charge in [0.15, 0.2) is 0 Å². The van der Waals surface area contributed by atoms with Crippen molar-refractivity contribution in [1.82, 2.24) is 4.90 Å². The maximum atomic E-state index is 13.5. The summed E-state index contributed by atoms with van der Waals surface area (Å²) in [5.41, 5.74) is -2.15. The van der Waals surface area contributed by atoms with Gasteiger partial charge in [0.25, 0.3) is 0 Å². The Hall–Kier alpha value is -3.90. The van der Waals surface area contributed by atoms with Gasteiger partial charge in [0.05, 0.1) is 15.9 Å². The van der Waals surface area contributed by atoms with Crippen LogP contribution >= 0.6 is 0 Å². The first-order valence-electron chi connectivity index (χ1n) is 9.56. The number of nitro benzene ring substituents is 2. The number of nitrogens with zero attached hydrogens (tertiary/aromatic N) is 3. The van der Waals surface area contributed by atoms with Crippen LogP contribution in [0.3, 0.4) is 0 Å². The van der Waals surface area contributed by atoms with Crippen LogP contribution in [0.2, 0.25) is 0 Å². The summed E-state index contributed by atoms with van der Waals surface area (Å²) in [6.07, 6.45) is -0.431. The SMILES string of the molecule is CC(C)(C)OC(=O)N1CC(Nc2cccc(F)c2[N+](=O)[O-])C1.O=[N+]([O-])c1c(F)cccc1F. The number of nitro groups is 2. The number of para-hydroxylation sites is 2. The minimum Gasteiger partial charge on any atom is -0.444 e. The molecule has 1 heterocycles. The van der Waals surface area contributed by atoms with E-state index in [1.807, 2.05) is 0 Å². The average Bonchev–Trinajstić information content (AvgIpc) is 2.62. The number of nitrogens with one attached hydrogen (secondary N) is 1. The zero-order valence-corrected chi connectivity index (χ0v) is 17.9. The first-order chi connectivity index (χ1) is 15.3. The van der Waals surface area contributed by atoms with Crippen molar-refractivity contribution in [1.29, 1.82) is 0 Å². The van der Waals surface area contributed by atoms with Crippen molar-refractivity contribution in [3.8, 4) is 0 Å². The maximum Gasteiger partial charge on any atom is 0.410 e. The van der Waals surface area contributed by atoms with Gasteiger partial charge in [-0.25, -0.2) is 4.79 Å². The first kappa shape index (κ1) is 25.4. The van der Waals surface area contributed by atoms with E-state index in [4.69, 9.17) is 4.74 Å². The van der Waals surface area contributed by atoms with E-state index in [2.05, 4.69) is 5.32 Å². The van der Waals surface area contributed by atoms with E-state index in [0.29, 0.717) is 13.1 Å². The smallest absolute Gasteiger partial charge is 0.410 e. The second kappa shape index (κ2) is 10.1. The monoisotopic (exact) mass is 470 g/mol. The van der Waals surface area contributed by atoms with Crippen molar-refractivity contribution in [3.63, 3.8) is 0 Å². The molecule has 0 saturated carbocycles. The van der Waals surface area contributed by atoms with E-state index < -0.39 is 50.4 Å². The average molecular weight is 470 g/mol. The largest absolute Gasteiger partial charge is 0.444 e. The predicted molar refractivity (Wildman–Crippen MR) is 111 cm³/mol. The molecule has 0 radical (unpaired) electrons. The van der Waals surface area contributed by atoms with E-state index in [1.165, 1.54) is 17.0 Å². The van der Waals surface area contributed by atoms with Crippen molar-refractivity contribution in [2.24, 2.45) is 0 Å². The number of halogens is 3. The molecule has 178 valence electrons. The van der Waals surface area contributed by atoms with Gasteiger partial charge in [-0.1, -0.05) is 12.1 Å². The number of likely N-dealkylation sites (tertiary alicyclic amines) is 1. The number of rotatable bonds is 4. The molecule has 1 fully saturated rings. The lowest BCUT2D eigenvalue weighted by molar-refractivity contribution is -0.390. The number of ether oxygens (including phenoxy) is 1. The van der Waals surface area contributed by atoms with Crippen LogP contribution in [0.1, 0.15) is 20.8 Å². The Bertz CT molecular complexity index is 1030. The standard InChI is InChI=1S/C14H18FN3O4.C6H3F2NO2/c1-14(2,3)22-13(19)17-7-9(8-17)16-11-6-4-5-10(15)12(11)18(20)21;7-4-2-1-3-5(8)6(4)9(10)11/h4-6,9,16H,7-8H2,1-3H3;1-3H. The van der Waals surface area contributed by atoms with Crippen LogP contribution in [0.5, 0.6) is 0 Å². The lowest BCUT2D eigenvalue weighted by Crippen LogP contribution is -2.57. The molecule has 0 aliphatic carbocycles. The van der Waals surface area contributed by atoms with Crippen LogP contribution in [0.15, 0.2) is 36.4 Å². The van der Waals surface area contributed by atoms with E-state index in [9.17, 15) is 38.2 Å². The number of hydrogen-bond acceptors (Lipinski definition) is 7. The summed E-state index contributed by atoms with van der Waals surface area (Å²) >= 11 is 0. The number of benzene rings is 2. The third kappa shape index (κ3) is 6.79. The molecule has 3 rings (SSSR count). The lowest BCUT2D eigenvalue weighted by atomic mass is 10.1. The van der Waals surface area contributed by atoms with E-state index in [0.717, 1.165) is 24.3 Å². The molecule has 0 aromatic heterocycles. The number of hydrogen-bond donors (Lipinski definition) is 1. The molecular weight excluding hydrogens is 449 g/mol. The molecule has 2 aromatic carbocycles. The lowest BCUT2D eigenvalue weighted by Gasteiger charge is -2.40. The minimum atomic E-state index is -1.16. The second-order valence-electron chi connectivity index (χ2n) is 7.95. The van der Waals surface area contributed by atoms with E-state index >= 15 is 0 Å². The van der Waals surface area contributed by atoms with Crippen LogP contribution in [0, 0.1) is 37.7 Å². The summed E-state index contributed by atoms with van der Waals surface area (Å²) in [6.45, 7) is 6.02. The van der Waals surface area contributed by atoms with Gasteiger partial charge in [-0.3, -0.25) is 20.2 Å². The van der Waals surface area contributed by atoms with Gasteiger partial charge in [-0.15, -0.1) is 0 Å². The Morgan fingerprint density at radius 3 is 1.85 bits per heavy atom. The summed E-state index contributed by atoms with van der Waals surface area (Å²) in [5.74, 6) is -3.21. The molecule has 2 aromatic rings. The van der Waals surface area contributed by atoms with Gasteiger partial charge in [-0.05, 0) is 45.0 Å².